The number of nitrogens with two attached hydrogens (primary N) is 1. The Morgan fingerprint density at radius 1 is 1.50 bits per heavy atom. The van der Waals surface area contributed by atoms with Crippen molar-refractivity contribution >= 4 is 5.91 Å². The normalized spacial score (nSPS) is 12.1. The molecule has 1 rings (SSSR count). The minimum atomic E-state index is -0.441. The average molecular weight is 251 g/mol. The first-order valence-corrected chi connectivity index (χ1v) is 6.32. The summed E-state index contributed by atoms with van der Waals surface area (Å²) in [5.74, 6) is 0.401. The number of aliphatic hydroxyl groups is 1. The number of hydrogen-bond acceptors (Lipinski definition) is 3. The second-order valence-electron chi connectivity index (χ2n) is 4.30. The van der Waals surface area contributed by atoms with E-state index in [-0.39, 0.29) is 5.91 Å². The second kappa shape index (κ2) is 7.71. The molecule has 100 valence electrons. The van der Waals surface area contributed by atoms with Crippen LogP contribution in [0.2, 0.25) is 0 Å². The molecule has 1 aromatic rings. The molecule has 3 N–H and O–H groups in total. The topological polar surface area (TPSA) is 72.6 Å². The zero-order valence-electron chi connectivity index (χ0n) is 10.8. The lowest BCUT2D eigenvalue weighted by molar-refractivity contribution is -0.118. The molecule has 0 aliphatic carbocycles. The SMILES string of the molecule is CCCC(O)c1cccc(OCCCC(N)=O)c1. The number of benzene rings is 1. The van der Waals surface area contributed by atoms with Gasteiger partial charge in [-0.3, -0.25) is 4.79 Å². The summed E-state index contributed by atoms with van der Waals surface area (Å²) in [4.78, 5) is 10.6. The summed E-state index contributed by atoms with van der Waals surface area (Å²) in [6.45, 7) is 2.49. The predicted molar refractivity (Wildman–Crippen MR) is 70.2 cm³/mol. The number of ether oxygens (including phenoxy) is 1. The largest absolute Gasteiger partial charge is 0.494 e. The van der Waals surface area contributed by atoms with E-state index < -0.39 is 6.10 Å². The Morgan fingerprint density at radius 2 is 2.28 bits per heavy atom. The highest BCUT2D eigenvalue weighted by Gasteiger charge is 2.07. The van der Waals surface area contributed by atoms with Crippen LogP contribution < -0.4 is 10.5 Å². The lowest BCUT2D eigenvalue weighted by Gasteiger charge is -2.12. The van der Waals surface area contributed by atoms with Crippen LogP contribution in [0.1, 0.15) is 44.3 Å². The van der Waals surface area contributed by atoms with Gasteiger partial charge in [-0.25, -0.2) is 0 Å². The van der Waals surface area contributed by atoms with Gasteiger partial charge in [-0.2, -0.15) is 0 Å². The maximum Gasteiger partial charge on any atom is 0.217 e. The van der Waals surface area contributed by atoms with Crippen molar-refractivity contribution in [2.75, 3.05) is 6.61 Å². The van der Waals surface area contributed by atoms with Crippen molar-refractivity contribution in [3.63, 3.8) is 0 Å². The standard InChI is InChI=1S/C14H21NO3/c1-2-5-13(16)11-6-3-7-12(10-11)18-9-4-8-14(15)17/h3,6-7,10,13,16H,2,4-5,8-9H2,1H3,(H2,15,17). The van der Waals surface area contributed by atoms with Crippen LogP contribution in [0.3, 0.4) is 0 Å². The van der Waals surface area contributed by atoms with E-state index in [1.165, 1.54) is 0 Å². The van der Waals surface area contributed by atoms with Gasteiger partial charge in [-0.05, 0) is 30.5 Å². The van der Waals surface area contributed by atoms with E-state index >= 15 is 0 Å². The number of amides is 1. The lowest BCUT2D eigenvalue weighted by atomic mass is 10.1. The molecule has 0 fully saturated rings. The Bertz CT molecular complexity index is 379. The molecule has 1 atom stereocenters. The van der Waals surface area contributed by atoms with Gasteiger partial charge in [0.1, 0.15) is 5.75 Å². The monoisotopic (exact) mass is 251 g/mol. The van der Waals surface area contributed by atoms with E-state index in [2.05, 4.69) is 0 Å². The van der Waals surface area contributed by atoms with Gasteiger partial charge in [0, 0.05) is 6.42 Å². The first-order valence-electron chi connectivity index (χ1n) is 6.32. The summed E-state index contributed by atoms with van der Waals surface area (Å²) < 4.78 is 5.51. The van der Waals surface area contributed by atoms with Gasteiger partial charge in [0.15, 0.2) is 0 Å². The summed E-state index contributed by atoms with van der Waals surface area (Å²) in [5, 5.41) is 9.87. The van der Waals surface area contributed by atoms with Crippen molar-refractivity contribution in [1.29, 1.82) is 0 Å². The van der Waals surface area contributed by atoms with Crippen molar-refractivity contribution < 1.29 is 14.6 Å². The number of carbonyl (C=O) groups is 1. The fourth-order valence-corrected chi connectivity index (χ4v) is 1.69. The quantitative estimate of drug-likeness (QED) is 0.695. The highest BCUT2D eigenvalue weighted by molar-refractivity contribution is 5.73. The van der Waals surface area contributed by atoms with Gasteiger partial charge in [-0.1, -0.05) is 25.5 Å². The van der Waals surface area contributed by atoms with Crippen LogP contribution in [0.5, 0.6) is 5.75 Å². The second-order valence-corrected chi connectivity index (χ2v) is 4.30. The van der Waals surface area contributed by atoms with Crippen molar-refractivity contribution in [2.24, 2.45) is 5.73 Å². The molecule has 1 unspecified atom stereocenters. The Labute approximate surface area is 108 Å². The highest BCUT2D eigenvalue weighted by atomic mass is 16.5. The van der Waals surface area contributed by atoms with Crippen LogP contribution in [0.25, 0.3) is 0 Å². The fourth-order valence-electron chi connectivity index (χ4n) is 1.69. The van der Waals surface area contributed by atoms with Gasteiger partial charge < -0.3 is 15.6 Å². The molecule has 0 aromatic heterocycles. The number of aliphatic hydroxyl groups excluding tert-OH is 1. The molecule has 1 amide bonds. The molecular weight excluding hydrogens is 230 g/mol. The van der Waals surface area contributed by atoms with E-state index in [0.29, 0.717) is 25.2 Å². The first-order chi connectivity index (χ1) is 8.63. The summed E-state index contributed by atoms with van der Waals surface area (Å²) >= 11 is 0. The van der Waals surface area contributed by atoms with E-state index in [9.17, 15) is 9.90 Å². The summed E-state index contributed by atoms with van der Waals surface area (Å²) in [6, 6.07) is 7.42. The van der Waals surface area contributed by atoms with Crippen LogP contribution in [0, 0.1) is 0 Å². The predicted octanol–water partition coefficient (Wildman–Crippen LogP) is 2.16. The molecule has 4 heteroatoms. The van der Waals surface area contributed by atoms with E-state index in [1.807, 2.05) is 31.2 Å². The van der Waals surface area contributed by atoms with E-state index in [4.69, 9.17) is 10.5 Å². The Hall–Kier alpha value is -1.55. The Morgan fingerprint density at radius 3 is 2.94 bits per heavy atom. The number of rotatable bonds is 8. The Kier molecular flexibility index (Phi) is 6.22. The third kappa shape index (κ3) is 5.19. The summed E-state index contributed by atoms with van der Waals surface area (Å²) in [7, 11) is 0. The van der Waals surface area contributed by atoms with Crippen molar-refractivity contribution in [2.45, 2.75) is 38.7 Å². The first kappa shape index (κ1) is 14.5. The van der Waals surface area contributed by atoms with Crippen molar-refractivity contribution in [3.8, 4) is 5.75 Å². The molecule has 18 heavy (non-hydrogen) atoms. The van der Waals surface area contributed by atoms with Crippen LogP contribution in [-0.4, -0.2) is 17.6 Å². The van der Waals surface area contributed by atoms with Gasteiger partial charge in [0.05, 0.1) is 12.7 Å². The molecule has 0 aliphatic rings. The van der Waals surface area contributed by atoms with Gasteiger partial charge in [0.25, 0.3) is 0 Å². The third-order valence-electron chi connectivity index (χ3n) is 2.64. The Balaban J connectivity index is 2.46. The molecular formula is C14H21NO3. The summed E-state index contributed by atoms with van der Waals surface area (Å²) in [5.41, 5.74) is 5.91. The molecule has 4 nitrogen and oxygen atoms in total. The minimum absolute atomic E-state index is 0.314. The molecule has 0 spiro atoms. The third-order valence-corrected chi connectivity index (χ3v) is 2.64. The van der Waals surface area contributed by atoms with Gasteiger partial charge in [-0.15, -0.1) is 0 Å². The molecule has 0 aliphatic heterocycles. The zero-order chi connectivity index (χ0) is 13.4. The fraction of sp³-hybridized carbons (Fsp3) is 0.500. The van der Waals surface area contributed by atoms with Crippen molar-refractivity contribution in [3.05, 3.63) is 29.8 Å². The van der Waals surface area contributed by atoms with Crippen LogP contribution in [-0.2, 0) is 4.79 Å². The smallest absolute Gasteiger partial charge is 0.217 e. The number of carbonyl (C=O) groups excluding carboxylic acids is 1. The highest BCUT2D eigenvalue weighted by Crippen LogP contribution is 2.22. The molecule has 0 radical (unpaired) electrons. The van der Waals surface area contributed by atoms with Crippen molar-refractivity contribution in [1.82, 2.24) is 0 Å². The maximum absolute atomic E-state index is 10.6. The van der Waals surface area contributed by atoms with E-state index in [1.54, 1.807) is 0 Å². The molecule has 0 saturated carbocycles. The maximum atomic E-state index is 10.6. The van der Waals surface area contributed by atoms with Crippen LogP contribution >= 0.6 is 0 Å². The van der Waals surface area contributed by atoms with Crippen LogP contribution in [0.15, 0.2) is 24.3 Å². The van der Waals surface area contributed by atoms with Gasteiger partial charge >= 0.3 is 0 Å². The number of hydrogen-bond donors (Lipinski definition) is 2. The lowest BCUT2D eigenvalue weighted by Crippen LogP contribution is -2.11. The number of primary amides is 1. The molecule has 0 heterocycles. The molecule has 0 bridgehead atoms. The minimum Gasteiger partial charge on any atom is -0.494 e. The average Bonchev–Trinajstić information content (AvgIpc) is 2.35. The van der Waals surface area contributed by atoms with Gasteiger partial charge in [0.2, 0.25) is 5.91 Å². The molecule has 1 aromatic carbocycles. The van der Waals surface area contributed by atoms with Crippen LogP contribution in [0.4, 0.5) is 0 Å². The summed E-state index contributed by atoms with van der Waals surface area (Å²) in [6.07, 6.45) is 2.18. The zero-order valence-corrected chi connectivity index (χ0v) is 10.8. The molecule has 0 saturated heterocycles. The van der Waals surface area contributed by atoms with E-state index in [0.717, 1.165) is 18.4 Å².